The van der Waals surface area contributed by atoms with E-state index in [-0.39, 0.29) is 0 Å². The molecule has 2 aliphatic carbocycles. The molecule has 1 N–H and O–H groups in total. The van der Waals surface area contributed by atoms with Crippen molar-refractivity contribution in [3.8, 4) is 0 Å². The van der Waals surface area contributed by atoms with Crippen LogP contribution < -0.4 is 5.32 Å². The van der Waals surface area contributed by atoms with Crippen LogP contribution in [0.3, 0.4) is 0 Å². The van der Waals surface area contributed by atoms with Crippen molar-refractivity contribution in [3.63, 3.8) is 0 Å². The van der Waals surface area contributed by atoms with Crippen LogP contribution in [0, 0.1) is 17.3 Å². The molecular formula is C18H34N2. The molecule has 2 nitrogen and oxygen atoms in total. The van der Waals surface area contributed by atoms with Gasteiger partial charge < -0.3 is 5.32 Å². The molecule has 3 rings (SSSR count). The van der Waals surface area contributed by atoms with Gasteiger partial charge in [-0.1, -0.05) is 26.7 Å². The molecule has 4 atom stereocenters. The van der Waals surface area contributed by atoms with Gasteiger partial charge in [0.2, 0.25) is 0 Å². The Balaban J connectivity index is 1.64. The van der Waals surface area contributed by atoms with E-state index in [0.29, 0.717) is 11.5 Å². The quantitative estimate of drug-likeness (QED) is 0.847. The van der Waals surface area contributed by atoms with Gasteiger partial charge in [0.15, 0.2) is 0 Å². The third-order valence-electron chi connectivity index (χ3n) is 6.61. The first kappa shape index (κ1) is 14.8. The van der Waals surface area contributed by atoms with Crippen molar-refractivity contribution < 1.29 is 0 Å². The van der Waals surface area contributed by atoms with Crippen LogP contribution in [0.5, 0.6) is 0 Å². The minimum atomic E-state index is 0.487. The minimum absolute atomic E-state index is 0.487. The van der Waals surface area contributed by atoms with E-state index in [2.05, 4.69) is 31.1 Å². The molecule has 20 heavy (non-hydrogen) atoms. The lowest BCUT2D eigenvalue weighted by Crippen LogP contribution is -2.51. The average Bonchev–Trinajstić information content (AvgIpc) is 2.73. The topological polar surface area (TPSA) is 15.3 Å². The first-order chi connectivity index (χ1) is 9.62. The lowest BCUT2D eigenvalue weighted by atomic mass is 9.77. The lowest BCUT2D eigenvalue weighted by Gasteiger charge is -2.46. The van der Waals surface area contributed by atoms with E-state index in [4.69, 9.17) is 0 Å². The number of hydrogen-bond acceptors (Lipinski definition) is 2. The van der Waals surface area contributed by atoms with Crippen LogP contribution in [-0.2, 0) is 0 Å². The highest BCUT2D eigenvalue weighted by Gasteiger charge is 2.43. The number of nitrogens with zero attached hydrogens (tertiary/aromatic N) is 1. The van der Waals surface area contributed by atoms with Crippen molar-refractivity contribution in [1.29, 1.82) is 0 Å². The molecule has 0 amide bonds. The first-order valence-corrected chi connectivity index (χ1v) is 9.03. The molecule has 0 bridgehead atoms. The number of rotatable bonds is 3. The van der Waals surface area contributed by atoms with Crippen LogP contribution in [0.1, 0.15) is 65.2 Å². The molecule has 2 saturated carbocycles. The van der Waals surface area contributed by atoms with E-state index < -0.39 is 0 Å². The second-order valence-electron chi connectivity index (χ2n) is 8.30. The molecule has 0 radical (unpaired) electrons. The summed E-state index contributed by atoms with van der Waals surface area (Å²) in [7, 11) is 2.17. The van der Waals surface area contributed by atoms with Gasteiger partial charge in [0, 0.05) is 18.6 Å². The fourth-order valence-corrected chi connectivity index (χ4v) is 5.60. The molecule has 0 aromatic heterocycles. The van der Waals surface area contributed by atoms with Gasteiger partial charge in [0.05, 0.1) is 0 Å². The standard InChI is InChI=1S/C18H34N2/c1-18(2)11-10-15(17(18)19-3)13-20-12-6-8-14-7-4-5-9-16(14)20/h14-17,19H,4-13H2,1-3H3/t14-,15?,16-,17?/m1/s1. The van der Waals surface area contributed by atoms with Gasteiger partial charge in [-0.2, -0.15) is 0 Å². The van der Waals surface area contributed by atoms with Crippen LogP contribution in [-0.4, -0.2) is 37.1 Å². The second-order valence-corrected chi connectivity index (χ2v) is 8.30. The zero-order valence-corrected chi connectivity index (χ0v) is 13.8. The summed E-state index contributed by atoms with van der Waals surface area (Å²) in [6.07, 6.45) is 11.7. The van der Waals surface area contributed by atoms with E-state index in [1.807, 2.05) is 0 Å². The smallest absolute Gasteiger partial charge is 0.0156 e. The highest BCUT2D eigenvalue weighted by molar-refractivity contribution is 4.98. The van der Waals surface area contributed by atoms with Crippen LogP contribution in [0.2, 0.25) is 0 Å². The molecule has 1 heterocycles. The molecule has 1 saturated heterocycles. The third-order valence-corrected chi connectivity index (χ3v) is 6.61. The van der Waals surface area contributed by atoms with Crippen molar-refractivity contribution in [3.05, 3.63) is 0 Å². The van der Waals surface area contributed by atoms with Crippen molar-refractivity contribution in [2.75, 3.05) is 20.1 Å². The van der Waals surface area contributed by atoms with Gasteiger partial charge in [-0.3, -0.25) is 4.90 Å². The Morgan fingerprint density at radius 1 is 1.05 bits per heavy atom. The number of piperidine rings is 1. The maximum atomic E-state index is 3.64. The Kier molecular flexibility index (Phi) is 4.42. The van der Waals surface area contributed by atoms with Crippen LogP contribution in [0.15, 0.2) is 0 Å². The number of likely N-dealkylation sites (tertiary alicyclic amines) is 1. The van der Waals surface area contributed by atoms with Crippen LogP contribution >= 0.6 is 0 Å². The van der Waals surface area contributed by atoms with Crippen molar-refractivity contribution >= 4 is 0 Å². The summed E-state index contributed by atoms with van der Waals surface area (Å²) < 4.78 is 0. The second kappa shape index (κ2) is 5.96. The Bertz CT molecular complexity index is 323. The van der Waals surface area contributed by atoms with Gasteiger partial charge in [-0.25, -0.2) is 0 Å². The van der Waals surface area contributed by atoms with Crippen LogP contribution in [0.25, 0.3) is 0 Å². The summed E-state index contributed by atoms with van der Waals surface area (Å²) in [6.45, 7) is 7.63. The Hall–Kier alpha value is -0.0800. The fraction of sp³-hybridized carbons (Fsp3) is 1.00. The molecule has 0 spiro atoms. The first-order valence-electron chi connectivity index (χ1n) is 9.03. The van der Waals surface area contributed by atoms with Gasteiger partial charge in [-0.05, 0) is 69.4 Å². The number of hydrogen-bond donors (Lipinski definition) is 1. The van der Waals surface area contributed by atoms with Crippen LogP contribution in [0.4, 0.5) is 0 Å². The highest BCUT2D eigenvalue weighted by atomic mass is 15.2. The van der Waals surface area contributed by atoms with Gasteiger partial charge in [-0.15, -0.1) is 0 Å². The predicted molar refractivity (Wildman–Crippen MR) is 85.9 cm³/mol. The van der Waals surface area contributed by atoms with Gasteiger partial charge >= 0.3 is 0 Å². The number of fused-ring (bicyclic) bond motifs is 1. The SMILES string of the molecule is CNC1C(CN2CCC[C@H]3CCCC[C@H]32)CCC1(C)C. The molecule has 116 valence electrons. The van der Waals surface area contributed by atoms with Gasteiger partial charge in [0.25, 0.3) is 0 Å². The largest absolute Gasteiger partial charge is 0.316 e. The summed E-state index contributed by atoms with van der Waals surface area (Å²) in [5, 5.41) is 3.64. The molecule has 1 aliphatic heterocycles. The Morgan fingerprint density at radius 3 is 2.60 bits per heavy atom. The lowest BCUT2D eigenvalue weighted by molar-refractivity contribution is 0.0429. The summed E-state index contributed by atoms with van der Waals surface area (Å²) in [4.78, 5) is 2.89. The maximum Gasteiger partial charge on any atom is 0.0156 e. The molecular weight excluding hydrogens is 244 g/mol. The molecule has 3 aliphatic rings. The highest BCUT2D eigenvalue weighted by Crippen LogP contribution is 2.43. The molecule has 0 aromatic carbocycles. The zero-order chi connectivity index (χ0) is 14.2. The summed E-state index contributed by atoms with van der Waals surface area (Å²) in [5.74, 6) is 1.90. The summed E-state index contributed by atoms with van der Waals surface area (Å²) in [5.41, 5.74) is 0.487. The fourth-order valence-electron chi connectivity index (χ4n) is 5.60. The number of nitrogens with one attached hydrogen (secondary N) is 1. The van der Waals surface area contributed by atoms with E-state index >= 15 is 0 Å². The van der Waals surface area contributed by atoms with Crippen molar-refractivity contribution in [2.45, 2.75) is 77.3 Å². The normalized spacial score (nSPS) is 41.5. The molecule has 2 heteroatoms. The van der Waals surface area contributed by atoms with E-state index in [9.17, 15) is 0 Å². The van der Waals surface area contributed by atoms with E-state index in [1.165, 1.54) is 64.5 Å². The summed E-state index contributed by atoms with van der Waals surface area (Å²) >= 11 is 0. The Labute approximate surface area is 125 Å². The maximum absolute atomic E-state index is 3.64. The monoisotopic (exact) mass is 278 g/mol. The average molecular weight is 278 g/mol. The molecule has 2 unspecified atom stereocenters. The summed E-state index contributed by atoms with van der Waals surface area (Å²) in [6, 6.07) is 1.64. The zero-order valence-electron chi connectivity index (χ0n) is 13.8. The van der Waals surface area contributed by atoms with E-state index in [1.54, 1.807) is 0 Å². The van der Waals surface area contributed by atoms with Gasteiger partial charge in [0.1, 0.15) is 0 Å². The molecule has 3 fully saturated rings. The minimum Gasteiger partial charge on any atom is -0.316 e. The molecule has 0 aromatic rings. The third kappa shape index (κ3) is 2.78. The van der Waals surface area contributed by atoms with Crippen molar-refractivity contribution in [2.24, 2.45) is 17.3 Å². The van der Waals surface area contributed by atoms with Crippen molar-refractivity contribution in [1.82, 2.24) is 10.2 Å². The van der Waals surface area contributed by atoms with E-state index in [0.717, 1.165) is 17.9 Å². The predicted octanol–water partition coefficient (Wildman–Crippen LogP) is 3.67. The Morgan fingerprint density at radius 2 is 1.80 bits per heavy atom.